The number of primary amides is 1. The maximum Gasteiger partial charge on any atom is 0.248 e. The highest BCUT2D eigenvalue weighted by molar-refractivity contribution is 5.95. The van der Waals surface area contributed by atoms with Crippen molar-refractivity contribution in [1.29, 1.82) is 0 Å². The number of amides is 2. The number of likely N-dealkylation sites (N-methyl/N-ethyl adjacent to an activating group) is 1. The lowest BCUT2D eigenvalue weighted by Crippen LogP contribution is -2.40. The molecule has 0 saturated heterocycles. The molecule has 110 valence electrons. The van der Waals surface area contributed by atoms with Crippen LogP contribution in [0.5, 0.6) is 0 Å². The number of nitrogens with zero attached hydrogens (tertiary/aromatic N) is 1. The zero-order valence-electron chi connectivity index (χ0n) is 12.1. The standard InChI is InChI=1S/C14H22N4O2/c1-4-18(8-13(19)17-9(2)3)12-7-10(14(16)20)5-6-11(12)15/h5-7,9H,4,8,15H2,1-3H3,(H2,16,20)(H,17,19). The third-order valence-electron chi connectivity index (χ3n) is 2.82. The van der Waals surface area contributed by atoms with Crippen molar-refractivity contribution in [3.05, 3.63) is 23.8 Å². The Balaban J connectivity index is 2.97. The number of rotatable bonds is 6. The Morgan fingerprint density at radius 3 is 2.50 bits per heavy atom. The van der Waals surface area contributed by atoms with E-state index >= 15 is 0 Å². The summed E-state index contributed by atoms with van der Waals surface area (Å²) in [5, 5.41) is 2.82. The van der Waals surface area contributed by atoms with Crippen molar-refractivity contribution in [2.75, 3.05) is 23.7 Å². The quantitative estimate of drug-likeness (QED) is 0.667. The van der Waals surface area contributed by atoms with Crippen molar-refractivity contribution in [1.82, 2.24) is 5.32 Å². The van der Waals surface area contributed by atoms with Crippen LogP contribution in [-0.4, -0.2) is 30.9 Å². The second-order valence-electron chi connectivity index (χ2n) is 4.87. The van der Waals surface area contributed by atoms with Crippen LogP contribution in [0.15, 0.2) is 18.2 Å². The minimum Gasteiger partial charge on any atom is -0.397 e. The fraction of sp³-hybridized carbons (Fsp3) is 0.429. The SMILES string of the molecule is CCN(CC(=O)NC(C)C)c1cc(C(N)=O)ccc1N. The van der Waals surface area contributed by atoms with Crippen molar-refractivity contribution in [3.63, 3.8) is 0 Å². The summed E-state index contributed by atoms with van der Waals surface area (Å²) in [6.07, 6.45) is 0. The molecule has 0 aliphatic carbocycles. The van der Waals surface area contributed by atoms with E-state index in [1.165, 1.54) is 0 Å². The first-order chi connectivity index (χ1) is 9.35. The average molecular weight is 278 g/mol. The molecular weight excluding hydrogens is 256 g/mol. The molecule has 0 unspecified atom stereocenters. The van der Waals surface area contributed by atoms with Gasteiger partial charge in [0.05, 0.1) is 17.9 Å². The lowest BCUT2D eigenvalue weighted by molar-refractivity contribution is -0.120. The summed E-state index contributed by atoms with van der Waals surface area (Å²) in [7, 11) is 0. The number of carbonyl (C=O) groups is 2. The highest BCUT2D eigenvalue weighted by Gasteiger charge is 2.14. The predicted octanol–water partition coefficient (Wildman–Crippen LogP) is 0.719. The van der Waals surface area contributed by atoms with Crippen molar-refractivity contribution >= 4 is 23.2 Å². The zero-order valence-corrected chi connectivity index (χ0v) is 12.1. The third kappa shape index (κ3) is 4.15. The number of carbonyl (C=O) groups excluding carboxylic acids is 2. The van der Waals surface area contributed by atoms with Gasteiger partial charge >= 0.3 is 0 Å². The lowest BCUT2D eigenvalue weighted by atomic mass is 10.1. The molecule has 0 aliphatic heterocycles. The number of hydrogen-bond acceptors (Lipinski definition) is 4. The molecule has 2 amide bonds. The van der Waals surface area contributed by atoms with Gasteiger partial charge in [-0.15, -0.1) is 0 Å². The van der Waals surface area contributed by atoms with E-state index in [4.69, 9.17) is 11.5 Å². The molecule has 0 radical (unpaired) electrons. The van der Waals surface area contributed by atoms with Gasteiger partial charge in [0.1, 0.15) is 0 Å². The van der Waals surface area contributed by atoms with Crippen LogP contribution in [0, 0.1) is 0 Å². The summed E-state index contributed by atoms with van der Waals surface area (Å²) < 4.78 is 0. The monoisotopic (exact) mass is 278 g/mol. The van der Waals surface area contributed by atoms with Crippen molar-refractivity contribution < 1.29 is 9.59 Å². The summed E-state index contributed by atoms with van der Waals surface area (Å²) in [6.45, 7) is 6.49. The minimum atomic E-state index is -0.520. The molecule has 0 aromatic heterocycles. The van der Waals surface area contributed by atoms with Crippen LogP contribution in [0.25, 0.3) is 0 Å². The molecule has 20 heavy (non-hydrogen) atoms. The van der Waals surface area contributed by atoms with Gasteiger partial charge in [-0.05, 0) is 39.0 Å². The average Bonchev–Trinajstić information content (AvgIpc) is 2.35. The molecule has 0 heterocycles. The second-order valence-corrected chi connectivity index (χ2v) is 4.87. The Morgan fingerprint density at radius 2 is 2.00 bits per heavy atom. The normalized spacial score (nSPS) is 10.4. The Hall–Kier alpha value is -2.24. The van der Waals surface area contributed by atoms with E-state index in [0.29, 0.717) is 23.5 Å². The Kier molecular flexibility index (Phi) is 5.37. The Morgan fingerprint density at radius 1 is 1.35 bits per heavy atom. The molecule has 1 aromatic carbocycles. The first kappa shape index (κ1) is 15.8. The molecule has 6 heteroatoms. The van der Waals surface area contributed by atoms with E-state index in [1.807, 2.05) is 20.8 Å². The van der Waals surface area contributed by atoms with Crippen LogP contribution in [0.1, 0.15) is 31.1 Å². The van der Waals surface area contributed by atoms with E-state index in [0.717, 1.165) is 0 Å². The number of anilines is 2. The molecule has 0 atom stereocenters. The lowest BCUT2D eigenvalue weighted by Gasteiger charge is -2.25. The van der Waals surface area contributed by atoms with Gasteiger partial charge in [-0.3, -0.25) is 9.59 Å². The molecule has 6 nitrogen and oxygen atoms in total. The first-order valence-electron chi connectivity index (χ1n) is 6.58. The van der Waals surface area contributed by atoms with E-state index in [2.05, 4.69) is 5.32 Å². The van der Waals surface area contributed by atoms with Crippen LogP contribution in [0.4, 0.5) is 11.4 Å². The number of nitrogen functional groups attached to an aromatic ring is 1. The fourth-order valence-corrected chi connectivity index (χ4v) is 1.88. The van der Waals surface area contributed by atoms with Gasteiger partial charge in [0, 0.05) is 18.2 Å². The van der Waals surface area contributed by atoms with Gasteiger partial charge in [0.25, 0.3) is 0 Å². The summed E-state index contributed by atoms with van der Waals surface area (Å²) in [5.74, 6) is -0.611. The second kappa shape index (κ2) is 6.79. The van der Waals surface area contributed by atoms with Crippen molar-refractivity contribution in [2.24, 2.45) is 5.73 Å². The maximum absolute atomic E-state index is 11.8. The molecule has 0 saturated carbocycles. The molecule has 0 fully saturated rings. The van der Waals surface area contributed by atoms with Crippen LogP contribution < -0.4 is 21.7 Å². The molecule has 1 aromatic rings. The van der Waals surface area contributed by atoms with Crippen LogP contribution >= 0.6 is 0 Å². The van der Waals surface area contributed by atoms with Crippen LogP contribution in [-0.2, 0) is 4.79 Å². The number of hydrogen-bond donors (Lipinski definition) is 3. The van der Waals surface area contributed by atoms with E-state index in [1.54, 1.807) is 23.1 Å². The third-order valence-corrected chi connectivity index (χ3v) is 2.82. The summed E-state index contributed by atoms with van der Waals surface area (Å²) in [6, 6.07) is 4.89. The summed E-state index contributed by atoms with van der Waals surface area (Å²) in [4.78, 5) is 24.9. The van der Waals surface area contributed by atoms with Gasteiger partial charge in [-0.1, -0.05) is 0 Å². The first-order valence-corrected chi connectivity index (χ1v) is 6.58. The van der Waals surface area contributed by atoms with Gasteiger partial charge in [0.15, 0.2) is 0 Å². The Labute approximate surface area is 119 Å². The van der Waals surface area contributed by atoms with Gasteiger partial charge < -0.3 is 21.7 Å². The maximum atomic E-state index is 11.8. The van der Waals surface area contributed by atoms with Crippen molar-refractivity contribution in [3.8, 4) is 0 Å². The molecule has 1 rings (SSSR count). The molecule has 5 N–H and O–H groups in total. The Bertz CT molecular complexity index is 500. The van der Waals surface area contributed by atoms with E-state index in [-0.39, 0.29) is 18.5 Å². The van der Waals surface area contributed by atoms with Gasteiger partial charge in [-0.2, -0.15) is 0 Å². The fourth-order valence-electron chi connectivity index (χ4n) is 1.88. The minimum absolute atomic E-state index is 0.0792. The summed E-state index contributed by atoms with van der Waals surface area (Å²) in [5.41, 5.74) is 12.7. The highest BCUT2D eigenvalue weighted by Crippen LogP contribution is 2.24. The van der Waals surface area contributed by atoms with E-state index in [9.17, 15) is 9.59 Å². The number of nitrogens with two attached hydrogens (primary N) is 2. The highest BCUT2D eigenvalue weighted by atomic mass is 16.2. The molecule has 0 bridgehead atoms. The number of benzene rings is 1. The smallest absolute Gasteiger partial charge is 0.248 e. The van der Waals surface area contributed by atoms with Crippen LogP contribution in [0.3, 0.4) is 0 Å². The largest absolute Gasteiger partial charge is 0.397 e. The summed E-state index contributed by atoms with van der Waals surface area (Å²) >= 11 is 0. The predicted molar refractivity (Wildman–Crippen MR) is 80.5 cm³/mol. The molecule has 0 aliphatic rings. The van der Waals surface area contributed by atoms with Crippen LogP contribution in [0.2, 0.25) is 0 Å². The molecular formula is C14H22N4O2. The zero-order chi connectivity index (χ0) is 15.3. The van der Waals surface area contributed by atoms with E-state index < -0.39 is 5.91 Å². The van der Waals surface area contributed by atoms with Gasteiger partial charge in [-0.25, -0.2) is 0 Å². The molecule has 0 spiro atoms. The van der Waals surface area contributed by atoms with Crippen molar-refractivity contribution in [2.45, 2.75) is 26.8 Å². The van der Waals surface area contributed by atoms with Gasteiger partial charge in [0.2, 0.25) is 11.8 Å². The topological polar surface area (TPSA) is 101 Å². The number of nitrogens with one attached hydrogen (secondary N) is 1.